The first kappa shape index (κ1) is 19.6. The number of nitriles is 1. The van der Waals surface area contributed by atoms with E-state index in [1.165, 1.54) is 0 Å². The highest BCUT2D eigenvalue weighted by molar-refractivity contribution is 6.35. The topological polar surface area (TPSA) is 140 Å². The van der Waals surface area contributed by atoms with Gasteiger partial charge in [-0.1, -0.05) is 11.6 Å². The Morgan fingerprint density at radius 2 is 2.23 bits per heavy atom. The van der Waals surface area contributed by atoms with Crippen molar-refractivity contribution in [2.24, 2.45) is 0 Å². The highest BCUT2D eigenvalue weighted by Gasteiger charge is 2.26. The lowest BCUT2D eigenvalue weighted by molar-refractivity contribution is -0.131. The quantitative estimate of drug-likeness (QED) is 0.531. The number of aromatic amines is 1. The molecule has 160 valence electrons. The van der Waals surface area contributed by atoms with Crippen molar-refractivity contribution in [2.75, 3.05) is 23.7 Å². The van der Waals surface area contributed by atoms with E-state index in [0.717, 1.165) is 31.4 Å². The number of rotatable bonds is 6. The fraction of sp³-hybridized carbons (Fsp3) is 0.474. The van der Waals surface area contributed by atoms with Gasteiger partial charge in [-0.2, -0.15) is 25.4 Å². The van der Waals surface area contributed by atoms with Gasteiger partial charge in [0.2, 0.25) is 11.9 Å². The van der Waals surface area contributed by atoms with E-state index in [9.17, 15) is 4.79 Å². The predicted octanol–water partition coefficient (Wildman–Crippen LogP) is 2.60. The number of carbonyl (C=O) groups is 1. The second-order valence-corrected chi connectivity index (χ2v) is 8.23. The number of H-pyrrole nitrogens is 1. The van der Waals surface area contributed by atoms with Crippen LogP contribution in [0.25, 0.3) is 11.0 Å². The second-order valence-electron chi connectivity index (χ2n) is 7.86. The van der Waals surface area contributed by atoms with Crippen molar-refractivity contribution >= 4 is 46.0 Å². The number of hydrogen-bond acceptors (Lipinski definition) is 8. The van der Waals surface area contributed by atoms with Crippen LogP contribution in [0.2, 0.25) is 5.15 Å². The third-order valence-corrected chi connectivity index (χ3v) is 5.77. The summed E-state index contributed by atoms with van der Waals surface area (Å²) in [6.45, 7) is 1.15. The number of nitrogens with one attached hydrogen (secondary N) is 3. The second kappa shape index (κ2) is 8.03. The maximum absolute atomic E-state index is 12.1. The third-order valence-electron chi connectivity index (χ3n) is 5.49. The van der Waals surface area contributed by atoms with E-state index >= 15 is 0 Å². The van der Waals surface area contributed by atoms with Crippen LogP contribution in [-0.4, -0.2) is 59.9 Å². The zero-order valence-electron chi connectivity index (χ0n) is 16.7. The van der Waals surface area contributed by atoms with E-state index in [0.29, 0.717) is 47.1 Å². The molecular weight excluding hydrogens is 420 g/mol. The highest BCUT2D eigenvalue weighted by Crippen LogP contribution is 2.35. The number of halogens is 1. The number of fused-ring (bicyclic) bond motifs is 1. The molecule has 3 aromatic heterocycles. The van der Waals surface area contributed by atoms with Crippen LogP contribution < -0.4 is 10.6 Å². The molecule has 0 bridgehead atoms. The van der Waals surface area contributed by atoms with Gasteiger partial charge in [-0.3, -0.25) is 14.6 Å². The van der Waals surface area contributed by atoms with Crippen LogP contribution in [0.15, 0.2) is 12.4 Å². The summed E-state index contributed by atoms with van der Waals surface area (Å²) >= 11 is 6.30. The van der Waals surface area contributed by atoms with E-state index in [4.69, 9.17) is 16.9 Å². The minimum Gasteiger partial charge on any atom is -0.365 e. The molecule has 1 saturated heterocycles. The van der Waals surface area contributed by atoms with Crippen LogP contribution in [0.1, 0.15) is 38.1 Å². The third kappa shape index (κ3) is 4.11. The Morgan fingerprint density at radius 1 is 1.35 bits per heavy atom. The van der Waals surface area contributed by atoms with Gasteiger partial charge in [-0.25, -0.2) is 0 Å². The predicted molar refractivity (Wildman–Crippen MR) is 114 cm³/mol. The minimum absolute atomic E-state index is 0.0223. The number of amides is 1. The van der Waals surface area contributed by atoms with Crippen LogP contribution in [0.4, 0.5) is 17.5 Å². The number of carbonyl (C=O) groups excluding carboxylic acids is 1. The first-order valence-electron chi connectivity index (χ1n) is 10.2. The molecule has 11 nitrogen and oxygen atoms in total. The van der Waals surface area contributed by atoms with Gasteiger partial charge in [0.25, 0.3) is 0 Å². The molecule has 12 heteroatoms. The Labute approximate surface area is 182 Å². The summed E-state index contributed by atoms with van der Waals surface area (Å²) in [6.07, 6.45) is 7.59. The van der Waals surface area contributed by atoms with Crippen molar-refractivity contribution in [3.63, 3.8) is 0 Å². The molecule has 0 spiro atoms. The van der Waals surface area contributed by atoms with Crippen molar-refractivity contribution in [2.45, 2.75) is 44.2 Å². The van der Waals surface area contributed by atoms with Gasteiger partial charge in [0.15, 0.2) is 5.65 Å². The Bertz CT molecular complexity index is 1160. The van der Waals surface area contributed by atoms with E-state index in [-0.39, 0.29) is 18.4 Å². The molecule has 1 aliphatic heterocycles. The molecule has 0 radical (unpaired) electrons. The van der Waals surface area contributed by atoms with Crippen LogP contribution in [0, 0.1) is 11.3 Å². The van der Waals surface area contributed by atoms with Gasteiger partial charge >= 0.3 is 0 Å². The van der Waals surface area contributed by atoms with Crippen LogP contribution in [0.5, 0.6) is 0 Å². The lowest BCUT2D eigenvalue weighted by Crippen LogP contribution is -2.45. The van der Waals surface area contributed by atoms with Crippen molar-refractivity contribution in [1.29, 1.82) is 5.26 Å². The molecule has 31 heavy (non-hydrogen) atoms. The van der Waals surface area contributed by atoms with Gasteiger partial charge in [-0.15, -0.1) is 0 Å². The molecule has 0 aromatic carbocycles. The number of anilines is 3. The molecule has 1 unspecified atom stereocenters. The fourth-order valence-electron chi connectivity index (χ4n) is 3.81. The van der Waals surface area contributed by atoms with Crippen molar-refractivity contribution in [3.8, 4) is 6.07 Å². The Morgan fingerprint density at radius 3 is 3.03 bits per heavy atom. The summed E-state index contributed by atoms with van der Waals surface area (Å²) < 4.78 is 1.94. The summed E-state index contributed by atoms with van der Waals surface area (Å²) in [4.78, 5) is 22.9. The molecule has 4 heterocycles. The van der Waals surface area contributed by atoms with Gasteiger partial charge in [0.05, 0.1) is 24.0 Å². The minimum atomic E-state index is -0.154. The molecule has 3 aromatic rings. The van der Waals surface area contributed by atoms with Crippen LogP contribution >= 0.6 is 11.6 Å². The number of likely N-dealkylation sites (tertiary alicyclic amines) is 1. The summed E-state index contributed by atoms with van der Waals surface area (Å²) in [5, 5.41) is 27.6. The highest BCUT2D eigenvalue weighted by atomic mass is 35.5. The molecule has 5 rings (SSSR count). The van der Waals surface area contributed by atoms with Crippen LogP contribution in [0.3, 0.4) is 0 Å². The summed E-state index contributed by atoms with van der Waals surface area (Å²) in [6, 6.07) is 2.39. The fourth-order valence-corrected chi connectivity index (χ4v) is 4.03. The normalized spacial score (nSPS) is 18.7. The number of hydrogen-bond donors (Lipinski definition) is 3. The zero-order valence-corrected chi connectivity index (χ0v) is 17.4. The van der Waals surface area contributed by atoms with Gasteiger partial charge in [0.1, 0.15) is 22.8 Å². The van der Waals surface area contributed by atoms with Gasteiger partial charge < -0.3 is 15.5 Å². The molecule has 1 saturated carbocycles. The monoisotopic (exact) mass is 440 g/mol. The van der Waals surface area contributed by atoms with Crippen LogP contribution in [-0.2, 0) is 4.79 Å². The number of aromatic nitrogens is 6. The lowest BCUT2D eigenvalue weighted by atomic mass is 10.1. The maximum Gasteiger partial charge on any atom is 0.236 e. The first-order valence-corrected chi connectivity index (χ1v) is 10.6. The maximum atomic E-state index is 12.1. The van der Waals surface area contributed by atoms with E-state index < -0.39 is 0 Å². The number of nitrogens with zero attached hydrogens (tertiary/aromatic N) is 7. The molecule has 1 aliphatic carbocycles. The Kier molecular flexibility index (Phi) is 5.07. The molecule has 2 fully saturated rings. The average Bonchev–Trinajstić information content (AvgIpc) is 3.40. The largest absolute Gasteiger partial charge is 0.365 e. The van der Waals surface area contributed by atoms with E-state index in [1.807, 2.05) is 16.9 Å². The van der Waals surface area contributed by atoms with E-state index in [2.05, 4.69) is 35.9 Å². The smallest absolute Gasteiger partial charge is 0.236 e. The standard InChI is InChI=1S/C19H21ClN10O/c20-16-15-17(23-11-2-1-7-29(9-11)14(31)5-6-21)25-19(26-18(15)28-27-16)24-12-8-22-30(10-12)13-3-4-13/h8,10-11,13H,1-5,7,9H2,(H3,23,24,25,26,27,28). The van der Waals surface area contributed by atoms with E-state index in [1.54, 1.807) is 11.1 Å². The van der Waals surface area contributed by atoms with Crippen molar-refractivity contribution in [1.82, 2.24) is 34.8 Å². The molecule has 1 atom stereocenters. The van der Waals surface area contributed by atoms with Crippen molar-refractivity contribution < 1.29 is 4.79 Å². The summed E-state index contributed by atoms with van der Waals surface area (Å²) in [7, 11) is 0. The van der Waals surface area contributed by atoms with Gasteiger partial charge in [0, 0.05) is 25.3 Å². The van der Waals surface area contributed by atoms with Crippen molar-refractivity contribution in [3.05, 3.63) is 17.5 Å². The average molecular weight is 441 g/mol. The number of piperidine rings is 1. The Balaban J connectivity index is 1.38. The summed E-state index contributed by atoms with van der Waals surface area (Å²) in [5.74, 6) is 0.764. The van der Waals surface area contributed by atoms with Gasteiger partial charge in [-0.05, 0) is 25.7 Å². The SMILES string of the molecule is N#CCC(=O)N1CCCC(Nc2nc(Nc3cnn(C4CC4)c3)nc3n[nH]c(Cl)c23)C1. The first-order chi connectivity index (χ1) is 15.1. The molecule has 2 aliphatic rings. The lowest BCUT2D eigenvalue weighted by Gasteiger charge is -2.33. The molecular formula is C19H21ClN10O. The molecule has 3 N–H and O–H groups in total. The Hall–Kier alpha value is -3.39. The summed E-state index contributed by atoms with van der Waals surface area (Å²) in [5.41, 5.74) is 1.23. The molecule has 1 amide bonds. The zero-order chi connectivity index (χ0) is 21.4.